The lowest BCUT2D eigenvalue weighted by Gasteiger charge is -2.02. The van der Waals surface area contributed by atoms with E-state index in [1.54, 1.807) is 6.92 Å². The molecule has 2 rings (SSSR count). The van der Waals surface area contributed by atoms with Gasteiger partial charge in [-0.2, -0.15) is 0 Å². The SMILES string of the molecule is CC(=O)c1cn(CCCI)c2ccccc12. The maximum atomic E-state index is 11.5. The summed E-state index contributed by atoms with van der Waals surface area (Å²) in [5.74, 6) is 0.143. The molecule has 0 N–H and O–H groups in total. The van der Waals surface area contributed by atoms with Crippen LogP contribution < -0.4 is 0 Å². The minimum Gasteiger partial charge on any atom is -0.347 e. The molecule has 0 aliphatic carbocycles. The molecule has 1 aromatic heterocycles. The van der Waals surface area contributed by atoms with Gasteiger partial charge >= 0.3 is 0 Å². The number of aromatic nitrogens is 1. The molecule has 2 aromatic rings. The first-order valence-corrected chi connectivity index (χ1v) is 6.91. The van der Waals surface area contributed by atoms with Crippen LogP contribution in [-0.4, -0.2) is 14.8 Å². The van der Waals surface area contributed by atoms with Crippen LogP contribution >= 0.6 is 22.6 Å². The molecule has 1 aromatic carbocycles. The molecule has 0 aliphatic heterocycles. The molecule has 0 saturated heterocycles. The summed E-state index contributed by atoms with van der Waals surface area (Å²) in [4.78, 5) is 11.5. The predicted molar refractivity (Wildman–Crippen MR) is 75.4 cm³/mol. The Hall–Kier alpha value is -0.840. The van der Waals surface area contributed by atoms with Gasteiger partial charge in [0.2, 0.25) is 0 Å². The van der Waals surface area contributed by atoms with Crippen LogP contribution in [0.15, 0.2) is 30.5 Å². The monoisotopic (exact) mass is 327 g/mol. The number of para-hydroxylation sites is 1. The highest BCUT2D eigenvalue weighted by Crippen LogP contribution is 2.22. The summed E-state index contributed by atoms with van der Waals surface area (Å²) in [6.45, 7) is 2.61. The maximum absolute atomic E-state index is 11.5. The van der Waals surface area contributed by atoms with Crippen molar-refractivity contribution in [2.45, 2.75) is 19.9 Å². The molecule has 16 heavy (non-hydrogen) atoms. The largest absolute Gasteiger partial charge is 0.347 e. The number of fused-ring (bicyclic) bond motifs is 1. The first-order chi connectivity index (χ1) is 7.74. The van der Waals surface area contributed by atoms with Crippen molar-refractivity contribution < 1.29 is 4.79 Å². The van der Waals surface area contributed by atoms with Crippen molar-refractivity contribution in [2.24, 2.45) is 0 Å². The highest BCUT2D eigenvalue weighted by molar-refractivity contribution is 14.1. The van der Waals surface area contributed by atoms with Gasteiger partial charge in [-0.25, -0.2) is 0 Å². The normalized spacial score (nSPS) is 10.9. The van der Waals surface area contributed by atoms with Crippen LogP contribution in [0.4, 0.5) is 0 Å². The Morgan fingerprint density at radius 2 is 2.12 bits per heavy atom. The van der Waals surface area contributed by atoms with Crippen molar-refractivity contribution in [1.29, 1.82) is 0 Å². The van der Waals surface area contributed by atoms with Gasteiger partial charge in [0.15, 0.2) is 5.78 Å². The van der Waals surface area contributed by atoms with Crippen molar-refractivity contribution in [3.8, 4) is 0 Å². The number of hydrogen-bond acceptors (Lipinski definition) is 1. The van der Waals surface area contributed by atoms with Gasteiger partial charge < -0.3 is 4.57 Å². The standard InChI is InChI=1S/C13H14INO/c1-10(16)12-9-15(8-4-7-14)13-6-3-2-5-11(12)13/h2-3,5-6,9H,4,7-8H2,1H3. The number of Topliss-reactive ketones (excluding diaryl/α,β-unsaturated/α-hetero) is 1. The smallest absolute Gasteiger partial charge is 0.161 e. The number of carbonyl (C=O) groups excluding carboxylic acids is 1. The Bertz CT molecular complexity index is 516. The third kappa shape index (κ3) is 2.14. The van der Waals surface area contributed by atoms with Crippen molar-refractivity contribution in [3.63, 3.8) is 0 Å². The number of alkyl halides is 1. The number of aryl methyl sites for hydroxylation is 1. The summed E-state index contributed by atoms with van der Waals surface area (Å²) in [7, 11) is 0. The van der Waals surface area contributed by atoms with E-state index in [2.05, 4.69) is 33.2 Å². The summed E-state index contributed by atoms with van der Waals surface area (Å²) in [6.07, 6.45) is 3.12. The van der Waals surface area contributed by atoms with Crippen LogP contribution in [0.3, 0.4) is 0 Å². The second-order valence-electron chi connectivity index (χ2n) is 3.85. The van der Waals surface area contributed by atoms with Crippen LogP contribution in [0, 0.1) is 0 Å². The van der Waals surface area contributed by atoms with Gasteiger partial charge in [-0.15, -0.1) is 0 Å². The fourth-order valence-corrected chi connectivity index (χ4v) is 2.28. The summed E-state index contributed by atoms with van der Waals surface area (Å²) >= 11 is 2.38. The van der Waals surface area contributed by atoms with E-state index in [0.717, 1.165) is 33.9 Å². The minimum absolute atomic E-state index is 0.143. The highest BCUT2D eigenvalue weighted by Gasteiger charge is 2.10. The van der Waals surface area contributed by atoms with Gasteiger partial charge in [0.1, 0.15) is 0 Å². The molecule has 0 unspecified atom stereocenters. The molecule has 0 amide bonds. The van der Waals surface area contributed by atoms with E-state index < -0.39 is 0 Å². The number of halogens is 1. The number of hydrogen-bond donors (Lipinski definition) is 0. The second kappa shape index (κ2) is 4.99. The molecular formula is C13H14INO. The fourth-order valence-electron chi connectivity index (χ4n) is 1.94. The molecule has 0 fully saturated rings. The van der Waals surface area contributed by atoms with E-state index in [4.69, 9.17) is 0 Å². The van der Waals surface area contributed by atoms with E-state index in [9.17, 15) is 4.79 Å². The second-order valence-corrected chi connectivity index (χ2v) is 4.93. The Labute approximate surface area is 109 Å². The molecular weight excluding hydrogens is 313 g/mol. The van der Waals surface area contributed by atoms with Crippen LogP contribution in [0.1, 0.15) is 23.7 Å². The quantitative estimate of drug-likeness (QED) is 0.477. The Morgan fingerprint density at radius 3 is 2.81 bits per heavy atom. The number of ketones is 1. The lowest BCUT2D eigenvalue weighted by Crippen LogP contribution is -1.96. The molecule has 2 nitrogen and oxygen atoms in total. The summed E-state index contributed by atoms with van der Waals surface area (Å²) in [6, 6.07) is 8.10. The van der Waals surface area contributed by atoms with E-state index in [1.165, 1.54) is 0 Å². The Balaban J connectivity index is 2.53. The molecule has 0 spiro atoms. The highest BCUT2D eigenvalue weighted by atomic mass is 127. The maximum Gasteiger partial charge on any atom is 0.161 e. The van der Waals surface area contributed by atoms with Crippen LogP contribution in [0.5, 0.6) is 0 Å². The van der Waals surface area contributed by atoms with Gasteiger partial charge in [-0.1, -0.05) is 40.8 Å². The molecule has 0 bridgehead atoms. The first kappa shape index (κ1) is 11.6. The molecule has 0 saturated carbocycles. The van der Waals surface area contributed by atoms with Crippen molar-refractivity contribution in [3.05, 3.63) is 36.0 Å². The Morgan fingerprint density at radius 1 is 1.38 bits per heavy atom. The average Bonchev–Trinajstić information content (AvgIpc) is 2.65. The van der Waals surface area contributed by atoms with Gasteiger partial charge in [0.05, 0.1) is 0 Å². The molecule has 84 valence electrons. The zero-order valence-electron chi connectivity index (χ0n) is 9.24. The summed E-state index contributed by atoms with van der Waals surface area (Å²) in [5.41, 5.74) is 2.00. The van der Waals surface area contributed by atoms with E-state index in [-0.39, 0.29) is 5.78 Å². The lowest BCUT2D eigenvalue weighted by molar-refractivity contribution is 0.101. The number of carbonyl (C=O) groups is 1. The summed E-state index contributed by atoms with van der Waals surface area (Å²) < 4.78 is 3.32. The molecule has 1 heterocycles. The van der Waals surface area contributed by atoms with Crippen molar-refractivity contribution >= 4 is 39.3 Å². The van der Waals surface area contributed by atoms with Gasteiger partial charge in [-0.05, 0) is 19.4 Å². The van der Waals surface area contributed by atoms with Crippen molar-refractivity contribution in [1.82, 2.24) is 4.57 Å². The van der Waals surface area contributed by atoms with Crippen molar-refractivity contribution in [2.75, 3.05) is 4.43 Å². The zero-order chi connectivity index (χ0) is 11.5. The zero-order valence-corrected chi connectivity index (χ0v) is 11.4. The van der Waals surface area contributed by atoms with Gasteiger partial charge in [0.25, 0.3) is 0 Å². The van der Waals surface area contributed by atoms with E-state index in [1.807, 2.05) is 24.4 Å². The number of rotatable bonds is 4. The first-order valence-electron chi connectivity index (χ1n) is 5.39. The third-order valence-electron chi connectivity index (χ3n) is 2.70. The van der Waals surface area contributed by atoms with Crippen LogP contribution in [0.2, 0.25) is 0 Å². The van der Waals surface area contributed by atoms with Crippen LogP contribution in [-0.2, 0) is 6.54 Å². The third-order valence-corrected chi connectivity index (χ3v) is 3.46. The van der Waals surface area contributed by atoms with E-state index >= 15 is 0 Å². The summed E-state index contributed by atoms with van der Waals surface area (Å²) in [5, 5.41) is 1.07. The number of benzene rings is 1. The van der Waals surface area contributed by atoms with E-state index in [0.29, 0.717) is 0 Å². The fraction of sp³-hybridized carbons (Fsp3) is 0.308. The van der Waals surface area contributed by atoms with Gasteiger partial charge in [-0.3, -0.25) is 4.79 Å². The molecule has 0 atom stereocenters. The predicted octanol–water partition coefficient (Wildman–Crippen LogP) is 3.67. The van der Waals surface area contributed by atoms with Gasteiger partial charge in [0, 0.05) is 33.6 Å². The Kier molecular flexibility index (Phi) is 3.63. The number of nitrogens with zero attached hydrogens (tertiary/aromatic N) is 1. The average molecular weight is 327 g/mol. The lowest BCUT2D eigenvalue weighted by atomic mass is 10.1. The molecule has 0 radical (unpaired) electrons. The molecule has 3 heteroatoms. The van der Waals surface area contributed by atoms with Crippen LogP contribution in [0.25, 0.3) is 10.9 Å². The topological polar surface area (TPSA) is 22.0 Å². The molecule has 0 aliphatic rings. The minimum atomic E-state index is 0.143.